The average Bonchev–Trinajstić information content (AvgIpc) is 3.43. The SMILES string of the molecule is O=C1N[C@@]2(Oc3ccc(Br)cc3[C@@H]3CC(c4ccccc4)=NN32)/C(=C/c2cccc([N+](=O)[O-])c2)S1. The fourth-order valence-corrected chi connectivity index (χ4v) is 5.86. The number of benzene rings is 3. The summed E-state index contributed by atoms with van der Waals surface area (Å²) in [5.41, 5.74) is 3.40. The van der Waals surface area contributed by atoms with Crippen LogP contribution in [0.2, 0.25) is 0 Å². The number of carbonyl (C=O) groups is 1. The second kappa shape index (κ2) is 8.24. The van der Waals surface area contributed by atoms with Crippen LogP contribution in [0.4, 0.5) is 10.5 Å². The molecule has 0 saturated carbocycles. The van der Waals surface area contributed by atoms with E-state index in [0.29, 0.717) is 22.6 Å². The van der Waals surface area contributed by atoms with Gasteiger partial charge in [0.25, 0.3) is 10.9 Å². The highest BCUT2D eigenvalue weighted by atomic mass is 79.9. The normalized spacial score (nSPS) is 23.5. The first kappa shape index (κ1) is 21.9. The minimum atomic E-state index is -1.37. The molecule has 3 aromatic carbocycles. The number of rotatable bonds is 3. The standard InChI is InChI=1S/C25H17BrN4O4S/c26-17-9-10-22-19(13-17)21-14-20(16-6-2-1-3-7-16)28-29(21)25(34-22)23(35-24(31)27-25)12-15-5-4-8-18(11-15)30(32)33/h1-13,21H,14H2,(H,27,31)/b23-12-/t21-,25-/m0/s1. The van der Waals surface area contributed by atoms with Gasteiger partial charge in [0.2, 0.25) is 0 Å². The fourth-order valence-electron chi connectivity index (χ4n) is 4.57. The van der Waals surface area contributed by atoms with Crippen LogP contribution in [0.1, 0.15) is 29.2 Å². The zero-order valence-corrected chi connectivity index (χ0v) is 20.5. The van der Waals surface area contributed by atoms with Crippen LogP contribution in [0.25, 0.3) is 6.08 Å². The van der Waals surface area contributed by atoms with E-state index in [1.807, 2.05) is 53.5 Å². The van der Waals surface area contributed by atoms with E-state index in [-0.39, 0.29) is 17.0 Å². The van der Waals surface area contributed by atoms with E-state index in [4.69, 9.17) is 9.84 Å². The smallest absolute Gasteiger partial charge is 0.314 e. The number of fused-ring (bicyclic) bond motifs is 4. The molecular weight excluding hydrogens is 532 g/mol. The number of nitrogens with zero attached hydrogens (tertiary/aromatic N) is 3. The molecule has 6 rings (SSSR count). The number of hydrazone groups is 1. The third-order valence-electron chi connectivity index (χ3n) is 6.12. The van der Waals surface area contributed by atoms with Gasteiger partial charge in [-0.25, -0.2) is 5.01 Å². The summed E-state index contributed by atoms with van der Waals surface area (Å²) in [6, 6.07) is 21.8. The van der Waals surface area contributed by atoms with Crippen molar-refractivity contribution in [2.75, 3.05) is 0 Å². The molecule has 3 aliphatic rings. The summed E-state index contributed by atoms with van der Waals surface area (Å²) in [6.07, 6.45) is 2.37. The Labute approximate surface area is 212 Å². The van der Waals surface area contributed by atoms with Gasteiger partial charge in [0.15, 0.2) is 0 Å². The van der Waals surface area contributed by atoms with Crippen molar-refractivity contribution in [3.63, 3.8) is 0 Å². The maximum absolute atomic E-state index is 12.7. The molecule has 10 heteroatoms. The van der Waals surface area contributed by atoms with Crippen molar-refractivity contribution in [3.8, 4) is 5.75 Å². The molecule has 0 unspecified atom stereocenters. The van der Waals surface area contributed by atoms with Crippen LogP contribution < -0.4 is 10.1 Å². The molecule has 1 spiro atoms. The third kappa shape index (κ3) is 3.69. The Hall–Kier alpha value is -3.63. The minimum absolute atomic E-state index is 0.0288. The van der Waals surface area contributed by atoms with E-state index in [2.05, 4.69) is 21.2 Å². The predicted molar refractivity (Wildman–Crippen MR) is 137 cm³/mol. The molecule has 0 radical (unpaired) electrons. The Morgan fingerprint density at radius 3 is 2.80 bits per heavy atom. The first-order valence-corrected chi connectivity index (χ1v) is 12.4. The van der Waals surface area contributed by atoms with Gasteiger partial charge >= 0.3 is 5.85 Å². The number of nitro benzene ring substituents is 1. The molecule has 3 heterocycles. The van der Waals surface area contributed by atoms with Crippen LogP contribution in [0, 0.1) is 10.1 Å². The van der Waals surface area contributed by atoms with Gasteiger partial charge < -0.3 is 4.74 Å². The Balaban J connectivity index is 1.51. The van der Waals surface area contributed by atoms with Gasteiger partial charge in [-0.1, -0.05) is 58.4 Å². The Kier molecular flexibility index (Phi) is 5.15. The number of thioether (sulfide) groups is 1. The number of halogens is 1. The van der Waals surface area contributed by atoms with Crippen LogP contribution in [-0.2, 0) is 0 Å². The van der Waals surface area contributed by atoms with Gasteiger partial charge in [-0.05, 0) is 47.2 Å². The monoisotopic (exact) mass is 548 g/mol. The predicted octanol–water partition coefficient (Wildman–Crippen LogP) is 6.05. The minimum Gasteiger partial charge on any atom is -0.444 e. The number of carbonyl (C=O) groups excluding carboxylic acids is 1. The van der Waals surface area contributed by atoms with Crippen molar-refractivity contribution in [2.24, 2.45) is 5.10 Å². The average molecular weight is 549 g/mol. The van der Waals surface area contributed by atoms with Crippen LogP contribution in [0.3, 0.4) is 0 Å². The van der Waals surface area contributed by atoms with Gasteiger partial charge in [0.1, 0.15) is 5.75 Å². The van der Waals surface area contributed by atoms with Gasteiger partial charge in [0, 0.05) is 28.6 Å². The second-order valence-electron chi connectivity index (χ2n) is 8.28. The highest BCUT2D eigenvalue weighted by molar-refractivity contribution is 9.10. The zero-order chi connectivity index (χ0) is 24.2. The molecule has 1 saturated heterocycles. The largest absolute Gasteiger partial charge is 0.444 e. The first-order chi connectivity index (χ1) is 16.9. The van der Waals surface area contributed by atoms with Crippen molar-refractivity contribution >= 4 is 50.4 Å². The molecular formula is C25H17BrN4O4S. The van der Waals surface area contributed by atoms with Gasteiger partial charge in [0.05, 0.1) is 21.6 Å². The summed E-state index contributed by atoms with van der Waals surface area (Å²) in [5.74, 6) is -0.722. The van der Waals surface area contributed by atoms with Gasteiger partial charge in [-0.3, -0.25) is 20.2 Å². The molecule has 1 amide bonds. The zero-order valence-electron chi connectivity index (χ0n) is 18.1. The Morgan fingerprint density at radius 2 is 2.00 bits per heavy atom. The van der Waals surface area contributed by atoms with E-state index in [1.165, 1.54) is 12.1 Å². The number of hydrogen-bond acceptors (Lipinski definition) is 7. The fraction of sp³-hybridized carbons (Fsp3) is 0.120. The first-order valence-electron chi connectivity index (χ1n) is 10.8. The Bertz CT molecular complexity index is 1440. The molecule has 8 nitrogen and oxygen atoms in total. The lowest BCUT2D eigenvalue weighted by atomic mass is 9.95. The molecule has 0 aliphatic carbocycles. The van der Waals surface area contributed by atoms with Crippen molar-refractivity contribution in [3.05, 3.63) is 109 Å². The summed E-state index contributed by atoms with van der Waals surface area (Å²) in [6.45, 7) is 0. The third-order valence-corrected chi connectivity index (χ3v) is 7.51. The Morgan fingerprint density at radius 1 is 1.17 bits per heavy atom. The number of nitrogens with one attached hydrogen (secondary N) is 1. The van der Waals surface area contributed by atoms with E-state index >= 15 is 0 Å². The van der Waals surface area contributed by atoms with E-state index < -0.39 is 10.8 Å². The molecule has 3 aromatic rings. The lowest BCUT2D eigenvalue weighted by molar-refractivity contribution is -0.384. The quantitative estimate of drug-likeness (QED) is 0.316. The van der Waals surface area contributed by atoms with Gasteiger partial charge in [-0.2, -0.15) is 5.10 Å². The van der Waals surface area contributed by atoms with Crippen LogP contribution in [0.15, 0.2) is 87.3 Å². The highest BCUT2D eigenvalue weighted by Crippen LogP contribution is 2.53. The van der Waals surface area contributed by atoms with Crippen molar-refractivity contribution in [1.82, 2.24) is 10.3 Å². The lowest BCUT2D eigenvalue weighted by Gasteiger charge is -2.45. The molecule has 174 valence electrons. The van der Waals surface area contributed by atoms with Crippen molar-refractivity contribution < 1.29 is 14.5 Å². The van der Waals surface area contributed by atoms with Crippen molar-refractivity contribution in [2.45, 2.75) is 18.3 Å². The van der Waals surface area contributed by atoms with Crippen molar-refractivity contribution in [1.29, 1.82) is 0 Å². The number of ether oxygens (including phenoxy) is 1. The molecule has 1 N–H and O–H groups in total. The molecule has 35 heavy (non-hydrogen) atoms. The topological polar surface area (TPSA) is 97.1 Å². The second-order valence-corrected chi connectivity index (χ2v) is 10.2. The summed E-state index contributed by atoms with van der Waals surface area (Å²) in [7, 11) is 0. The number of amides is 1. The number of hydrogen-bond donors (Lipinski definition) is 1. The van der Waals surface area contributed by atoms with E-state index in [9.17, 15) is 14.9 Å². The molecule has 3 aliphatic heterocycles. The maximum Gasteiger partial charge on any atom is 0.314 e. The molecule has 2 atom stereocenters. The maximum atomic E-state index is 12.7. The number of non-ortho nitro benzene ring substituents is 1. The summed E-state index contributed by atoms with van der Waals surface area (Å²) in [4.78, 5) is 24.1. The van der Waals surface area contributed by atoms with Crippen LogP contribution >= 0.6 is 27.7 Å². The van der Waals surface area contributed by atoms with E-state index in [0.717, 1.165) is 33.1 Å². The van der Waals surface area contributed by atoms with E-state index in [1.54, 1.807) is 18.2 Å². The van der Waals surface area contributed by atoms with Crippen LogP contribution in [0.5, 0.6) is 5.75 Å². The molecule has 0 aromatic heterocycles. The highest BCUT2D eigenvalue weighted by Gasteiger charge is 2.58. The van der Waals surface area contributed by atoms with Crippen LogP contribution in [-0.4, -0.2) is 26.7 Å². The lowest BCUT2D eigenvalue weighted by Crippen LogP contribution is -2.61. The summed E-state index contributed by atoms with van der Waals surface area (Å²) in [5, 5.41) is 20.7. The molecule has 0 bridgehead atoms. The summed E-state index contributed by atoms with van der Waals surface area (Å²) < 4.78 is 7.43. The summed E-state index contributed by atoms with van der Waals surface area (Å²) >= 11 is 4.55. The molecule has 1 fully saturated rings. The number of nitro groups is 1. The van der Waals surface area contributed by atoms with Gasteiger partial charge in [-0.15, -0.1) is 0 Å².